The number of nitrogens with one attached hydrogen (secondary N) is 1. The maximum absolute atomic E-state index is 5.39. The van der Waals surface area contributed by atoms with E-state index in [1.54, 1.807) is 0 Å². The van der Waals surface area contributed by atoms with Gasteiger partial charge in [0.25, 0.3) is 0 Å². The fraction of sp³-hybridized carbons (Fsp3) is 1.00. The average molecular weight is 197 g/mol. The van der Waals surface area contributed by atoms with Gasteiger partial charge in [-0.1, -0.05) is 12.8 Å². The molecule has 2 nitrogen and oxygen atoms in total. The highest BCUT2D eigenvalue weighted by Gasteiger charge is 2.26. The van der Waals surface area contributed by atoms with Crippen LogP contribution in [0.5, 0.6) is 0 Å². The molecule has 2 fully saturated rings. The second-order valence-corrected chi connectivity index (χ2v) is 4.96. The summed E-state index contributed by atoms with van der Waals surface area (Å²) in [5.41, 5.74) is 0. The lowest BCUT2D eigenvalue weighted by atomic mass is 9.90. The van der Waals surface area contributed by atoms with Crippen LogP contribution in [0.15, 0.2) is 0 Å². The summed E-state index contributed by atoms with van der Waals surface area (Å²) in [6.45, 7) is 1.98. The molecule has 14 heavy (non-hydrogen) atoms. The van der Waals surface area contributed by atoms with Gasteiger partial charge in [0.2, 0.25) is 0 Å². The van der Waals surface area contributed by atoms with E-state index in [0.29, 0.717) is 0 Å². The molecule has 0 radical (unpaired) electrons. The Bertz CT molecular complexity index is 162. The van der Waals surface area contributed by atoms with Crippen molar-refractivity contribution in [2.24, 2.45) is 11.8 Å². The van der Waals surface area contributed by atoms with E-state index in [1.165, 1.54) is 38.5 Å². The molecular weight excluding hydrogens is 174 g/mol. The summed E-state index contributed by atoms with van der Waals surface area (Å²) in [5, 5.41) is 3.48. The van der Waals surface area contributed by atoms with Crippen molar-refractivity contribution in [3.05, 3.63) is 0 Å². The van der Waals surface area contributed by atoms with Crippen LogP contribution in [0.1, 0.15) is 38.5 Å². The van der Waals surface area contributed by atoms with Crippen LogP contribution in [-0.2, 0) is 4.74 Å². The summed E-state index contributed by atoms with van der Waals surface area (Å²) in [7, 11) is 2.12. The molecule has 0 spiro atoms. The van der Waals surface area contributed by atoms with Crippen LogP contribution >= 0.6 is 0 Å². The van der Waals surface area contributed by atoms with Gasteiger partial charge < -0.3 is 10.1 Å². The van der Waals surface area contributed by atoms with Gasteiger partial charge in [-0.15, -0.1) is 0 Å². The number of rotatable bonds is 5. The maximum Gasteiger partial charge on any atom is 0.0468 e. The summed E-state index contributed by atoms with van der Waals surface area (Å²) in [5.74, 6) is 1.97. The first kappa shape index (κ1) is 10.4. The molecule has 1 saturated heterocycles. The minimum absolute atomic E-state index is 0.769. The summed E-state index contributed by atoms with van der Waals surface area (Å²) in [6, 6.07) is 0.769. The Kier molecular flexibility index (Phi) is 3.82. The van der Waals surface area contributed by atoms with E-state index in [0.717, 1.165) is 31.1 Å². The van der Waals surface area contributed by atoms with Crippen molar-refractivity contribution in [3.63, 3.8) is 0 Å². The van der Waals surface area contributed by atoms with Crippen LogP contribution in [0.4, 0.5) is 0 Å². The monoisotopic (exact) mass is 197 g/mol. The summed E-state index contributed by atoms with van der Waals surface area (Å²) < 4.78 is 5.39. The van der Waals surface area contributed by atoms with Crippen molar-refractivity contribution >= 4 is 0 Å². The van der Waals surface area contributed by atoms with Crippen molar-refractivity contribution in [1.29, 1.82) is 0 Å². The molecule has 2 heteroatoms. The Morgan fingerprint density at radius 1 is 1.07 bits per heavy atom. The minimum atomic E-state index is 0.769. The van der Waals surface area contributed by atoms with Gasteiger partial charge in [0, 0.05) is 19.3 Å². The van der Waals surface area contributed by atoms with Crippen molar-refractivity contribution in [3.8, 4) is 0 Å². The van der Waals surface area contributed by atoms with Crippen molar-refractivity contribution in [2.45, 2.75) is 44.6 Å². The molecule has 0 aromatic rings. The third kappa shape index (κ3) is 3.25. The van der Waals surface area contributed by atoms with Crippen LogP contribution in [0.2, 0.25) is 0 Å². The van der Waals surface area contributed by atoms with Crippen LogP contribution in [0.25, 0.3) is 0 Å². The minimum Gasteiger partial charge on any atom is -0.381 e. The predicted molar refractivity (Wildman–Crippen MR) is 58.3 cm³/mol. The molecule has 2 aliphatic rings. The molecule has 1 aliphatic heterocycles. The SMILES string of the molecule is CNC(CC1CCOCC1)CC1CC1. The third-order valence-corrected chi connectivity index (χ3v) is 3.68. The first-order valence-electron chi connectivity index (χ1n) is 6.13. The second-order valence-electron chi connectivity index (χ2n) is 4.96. The lowest BCUT2D eigenvalue weighted by Crippen LogP contribution is -2.30. The predicted octanol–water partition coefficient (Wildman–Crippen LogP) is 2.19. The normalized spacial score (nSPS) is 26.4. The third-order valence-electron chi connectivity index (χ3n) is 3.68. The smallest absolute Gasteiger partial charge is 0.0468 e. The number of hydrogen-bond donors (Lipinski definition) is 1. The van der Waals surface area contributed by atoms with Gasteiger partial charge in [-0.05, 0) is 44.6 Å². The molecule has 1 saturated carbocycles. The van der Waals surface area contributed by atoms with Crippen LogP contribution in [0.3, 0.4) is 0 Å². The summed E-state index contributed by atoms with van der Waals surface area (Å²) >= 11 is 0. The molecule has 1 N–H and O–H groups in total. The van der Waals surface area contributed by atoms with E-state index in [-0.39, 0.29) is 0 Å². The first-order valence-corrected chi connectivity index (χ1v) is 6.13. The molecule has 0 aromatic heterocycles. The van der Waals surface area contributed by atoms with E-state index in [9.17, 15) is 0 Å². The number of ether oxygens (including phenoxy) is 1. The Hall–Kier alpha value is -0.0800. The molecule has 1 aliphatic carbocycles. The Morgan fingerprint density at radius 3 is 2.14 bits per heavy atom. The van der Waals surface area contributed by atoms with E-state index < -0.39 is 0 Å². The lowest BCUT2D eigenvalue weighted by molar-refractivity contribution is 0.0603. The lowest BCUT2D eigenvalue weighted by Gasteiger charge is -2.26. The van der Waals surface area contributed by atoms with Crippen molar-refractivity contribution < 1.29 is 4.74 Å². The van der Waals surface area contributed by atoms with Crippen LogP contribution < -0.4 is 5.32 Å². The standard InChI is InChI=1S/C12H23NO/c1-13-12(8-10-2-3-10)9-11-4-6-14-7-5-11/h10-13H,2-9H2,1H3. The molecule has 1 atom stereocenters. The molecule has 1 heterocycles. The zero-order valence-electron chi connectivity index (χ0n) is 9.30. The van der Waals surface area contributed by atoms with Gasteiger partial charge >= 0.3 is 0 Å². The molecule has 0 bridgehead atoms. The van der Waals surface area contributed by atoms with Gasteiger partial charge in [-0.3, -0.25) is 0 Å². The molecule has 82 valence electrons. The molecule has 2 rings (SSSR count). The van der Waals surface area contributed by atoms with E-state index in [2.05, 4.69) is 12.4 Å². The largest absolute Gasteiger partial charge is 0.381 e. The molecular formula is C12H23NO. The summed E-state index contributed by atoms with van der Waals surface area (Å²) in [4.78, 5) is 0. The summed E-state index contributed by atoms with van der Waals surface area (Å²) in [6.07, 6.45) is 8.30. The second kappa shape index (κ2) is 5.13. The van der Waals surface area contributed by atoms with Gasteiger partial charge in [0.05, 0.1) is 0 Å². The number of hydrogen-bond acceptors (Lipinski definition) is 2. The average Bonchev–Trinajstić information content (AvgIpc) is 3.02. The molecule has 0 amide bonds. The van der Waals surface area contributed by atoms with Gasteiger partial charge in [0.1, 0.15) is 0 Å². The van der Waals surface area contributed by atoms with E-state index in [1.807, 2.05) is 0 Å². The van der Waals surface area contributed by atoms with Crippen LogP contribution in [0, 0.1) is 11.8 Å². The fourth-order valence-corrected chi connectivity index (χ4v) is 2.47. The van der Waals surface area contributed by atoms with Crippen molar-refractivity contribution in [2.75, 3.05) is 20.3 Å². The van der Waals surface area contributed by atoms with Gasteiger partial charge in [-0.25, -0.2) is 0 Å². The Labute approximate surface area is 87.4 Å². The topological polar surface area (TPSA) is 21.3 Å². The van der Waals surface area contributed by atoms with Gasteiger partial charge in [0.15, 0.2) is 0 Å². The maximum atomic E-state index is 5.39. The molecule has 1 unspecified atom stereocenters. The molecule has 0 aromatic carbocycles. The highest BCUT2D eigenvalue weighted by atomic mass is 16.5. The Balaban J connectivity index is 1.68. The van der Waals surface area contributed by atoms with E-state index >= 15 is 0 Å². The first-order chi connectivity index (χ1) is 6.88. The highest BCUT2D eigenvalue weighted by Crippen LogP contribution is 2.35. The quantitative estimate of drug-likeness (QED) is 0.729. The van der Waals surface area contributed by atoms with Crippen molar-refractivity contribution in [1.82, 2.24) is 5.32 Å². The zero-order chi connectivity index (χ0) is 9.80. The van der Waals surface area contributed by atoms with E-state index in [4.69, 9.17) is 4.74 Å². The fourth-order valence-electron chi connectivity index (χ4n) is 2.47. The highest BCUT2D eigenvalue weighted by molar-refractivity contribution is 4.81. The zero-order valence-corrected chi connectivity index (χ0v) is 9.30. The Morgan fingerprint density at radius 2 is 1.64 bits per heavy atom. The van der Waals surface area contributed by atoms with Gasteiger partial charge in [-0.2, -0.15) is 0 Å². The van der Waals surface area contributed by atoms with Crippen LogP contribution in [-0.4, -0.2) is 26.3 Å².